The van der Waals surface area contributed by atoms with Crippen LogP contribution in [-0.4, -0.2) is 32.4 Å². The standard InChI is InChI=1S/C17H22FN3O/c1-12-14(9-20(2)19-12)10-21(16-7-8-16)11-17(22)13-3-5-15(18)6-4-13/h3-6,9,16-17,22H,7-8,10-11H2,1-2H3. The normalized spacial score (nSPS) is 16.2. The number of aliphatic hydroxyl groups is 1. The van der Waals surface area contributed by atoms with Crippen molar-refractivity contribution in [1.29, 1.82) is 0 Å². The molecule has 1 N–H and O–H groups in total. The monoisotopic (exact) mass is 303 g/mol. The van der Waals surface area contributed by atoms with E-state index in [4.69, 9.17) is 0 Å². The molecule has 0 aliphatic heterocycles. The number of benzene rings is 1. The Hall–Kier alpha value is -1.72. The molecule has 4 nitrogen and oxygen atoms in total. The van der Waals surface area contributed by atoms with Gasteiger partial charge in [-0.15, -0.1) is 0 Å². The molecule has 0 saturated heterocycles. The molecule has 0 amide bonds. The quantitative estimate of drug-likeness (QED) is 0.892. The molecule has 0 bridgehead atoms. The van der Waals surface area contributed by atoms with Crippen LogP contribution in [0.5, 0.6) is 0 Å². The van der Waals surface area contributed by atoms with Gasteiger partial charge in [0.25, 0.3) is 0 Å². The smallest absolute Gasteiger partial charge is 0.123 e. The minimum absolute atomic E-state index is 0.277. The van der Waals surface area contributed by atoms with Crippen molar-refractivity contribution < 1.29 is 9.50 Å². The summed E-state index contributed by atoms with van der Waals surface area (Å²) in [6, 6.07) is 6.63. The van der Waals surface area contributed by atoms with Gasteiger partial charge in [-0.2, -0.15) is 5.10 Å². The summed E-state index contributed by atoms with van der Waals surface area (Å²) in [5.41, 5.74) is 2.99. The number of rotatable bonds is 6. The van der Waals surface area contributed by atoms with Crippen molar-refractivity contribution >= 4 is 0 Å². The maximum absolute atomic E-state index is 13.0. The van der Waals surface area contributed by atoms with Crippen molar-refractivity contribution in [2.45, 2.75) is 38.5 Å². The van der Waals surface area contributed by atoms with Gasteiger partial charge in [0.2, 0.25) is 0 Å². The van der Waals surface area contributed by atoms with Crippen molar-refractivity contribution in [2.75, 3.05) is 6.54 Å². The Morgan fingerprint density at radius 2 is 2.05 bits per heavy atom. The molecule has 1 aliphatic carbocycles. The molecule has 1 aromatic carbocycles. The molecule has 0 radical (unpaired) electrons. The average Bonchev–Trinajstić information content (AvgIpc) is 3.26. The van der Waals surface area contributed by atoms with Crippen molar-refractivity contribution in [2.24, 2.45) is 7.05 Å². The lowest BCUT2D eigenvalue weighted by atomic mass is 10.1. The SMILES string of the molecule is Cc1nn(C)cc1CN(CC(O)c1ccc(F)cc1)C1CC1. The van der Waals surface area contributed by atoms with Crippen molar-refractivity contribution in [3.05, 3.63) is 53.1 Å². The van der Waals surface area contributed by atoms with Crippen LogP contribution in [0.1, 0.15) is 35.8 Å². The largest absolute Gasteiger partial charge is 0.387 e. The van der Waals surface area contributed by atoms with Crippen LogP contribution in [-0.2, 0) is 13.6 Å². The molecule has 1 aromatic heterocycles. The van der Waals surface area contributed by atoms with Crippen LogP contribution >= 0.6 is 0 Å². The predicted molar refractivity (Wildman–Crippen MR) is 82.7 cm³/mol. The summed E-state index contributed by atoms with van der Waals surface area (Å²) in [7, 11) is 1.92. The molecule has 3 rings (SSSR count). The average molecular weight is 303 g/mol. The van der Waals surface area contributed by atoms with Crippen LogP contribution in [0.25, 0.3) is 0 Å². The van der Waals surface area contributed by atoms with Crippen LogP contribution in [0.3, 0.4) is 0 Å². The van der Waals surface area contributed by atoms with E-state index in [1.54, 1.807) is 12.1 Å². The molecule has 118 valence electrons. The molecule has 1 heterocycles. The Bertz CT molecular complexity index is 634. The fourth-order valence-electron chi connectivity index (χ4n) is 2.82. The van der Waals surface area contributed by atoms with Gasteiger partial charge in [-0.1, -0.05) is 12.1 Å². The van der Waals surface area contributed by atoms with Crippen molar-refractivity contribution in [1.82, 2.24) is 14.7 Å². The van der Waals surface area contributed by atoms with Gasteiger partial charge in [0.15, 0.2) is 0 Å². The molecular formula is C17H22FN3O. The van der Waals surface area contributed by atoms with Crippen LogP contribution in [0.15, 0.2) is 30.5 Å². The third kappa shape index (κ3) is 3.54. The Balaban J connectivity index is 1.69. The van der Waals surface area contributed by atoms with Gasteiger partial charge >= 0.3 is 0 Å². The molecule has 1 saturated carbocycles. The van der Waals surface area contributed by atoms with E-state index in [9.17, 15) is 9.50 Å². The van der Waals surface area contributed by atoms with E-state index in [0.29, 0.717) is 12.6 Å². The second-order valence-corrected chi connectivity index (χ2v) is 6.14. The second-order valence-electron chi connectivity index (χ2n) is 6.14. The van der Waals surface area contributed by atoms with E-state index in [-0.39, 0.29) is 5.82 Å². The number of halogens is 1. The summed E-state index contributed by atoms with van der Waals surface area (Å²) < 4.78 is 14.8. The van der Waals surface area contributed by atoms with Gasteiger partial charge in [-0.25, -0.2) is 4.39 Å². The Morgan fingerprint density at radius 1 is 1.36 bits per heavy atom. The highest BCUT2D eigenvalue weighted by molar-refractivity contribution is 5.20. The summed E-state index contributed by atoms with van der Waals surface area (Å²) in [4.78, 5) is 2.30. The topological polar surface area (TPSA) is 41.3 Å². The van der Waals surface area contributed by atoms with E-state index < -0.39 is 6.10 Å². The predicted octanol–water partition coefficient (Wildman–Crippen LogP) is 2.57. The van der Waals surface area contributed by atoms with Crippen LogP contribution in [0.2, 0.25) is 0 Å². The Morgan fingerprint density at radius 3 is 2.59 bits per heavy atom. The lowest BCUT2D eigenvalue weighted by Gasteiger charge is -2.25. The Kier molecular flexibility index (Phi) is 4.27. The van der Waals surface area contributed by atoms with Crippen molar-refractivity contribution in [3.63, 3.8) is 0 Å². The molecule has 1 fully saturated rings. The van der Waals surface area contributed by atoms with E-state index >= 15 is 0 Å². The minimum atomic E-state index is -0.599. The van der Waals surface area contributed by atoms with Gasteiger partial charge < -0.3 is 5.11 Å². The zero-order chi connectivity index (χ0) is 15.7. The third-order valence-corrected chi connectivity index (χ3v) is 4.21. The van der Waals surface area contributed by atoms with E-state index in [2.05, 4.69) is 10.00 Å². The van der Waals surface area contributed by atoms with Crippen LogP contribution < -0.4 is 0 Å². The zero-order valence-corrected chi connectivity index (χ0v) is 13.0. The molecule has 22 heavy (non-hydrogen) atoms. The van der Waals surface area contributed by atoms with Gasteiger partial charge in [0.05, 0.1) is 11.8 Å². The lowest BCUT2D eigenvalue weighted by Crippen LogP contribution is -2.30. The fraction of sp³-hybridized carbons (Fsp3) is 0.471. The number of aliphatic hydroxyl groups excluding tert-OH is 1. The number of aromatic nitrogens is 2. The van der Waals surface area contributed by atoms with Gasteiger partial charge in [-0.05, 0) is 37.5 Å². The van der Waals surface area contributed by atoms with Crippen LogP contribution in [0, 0.1) is 12.7 Å². The van der Waals surface area contributed by atoms with Gasteiger partial charge in [-0.3, -0.25) is 9.58 Å². The maximum atomic E-state index is 13.0. The van der Waals surface area contributed by atoms with E-state index in [1.807, 2.05) is 24.9 Å². The number of nitrogens with zero attached hydrogens (tertiary/aromatic N) is 3. The molecule has 0 spiro atoms. The summed E-state index contributed by atoms with van der Waals surface area (Å²) >= 11 is 0. The fourth-order valence-corrected chi connectivity index (χ4v) is 2.82. The molecule has 5 heteroatoms. The van der Waals surface area contributed by atoms with Gasteiger partial charge in [0, 0.05) is 37.9 Å². The number of hydrogen-bond acceptors (Lipinski definition) is 3. The molecule has 1 aliphatic rings. The highest BCUT2D eigenvalue weighted by atomic mass is 19.1. The molecule has 1 unspecified atom stereocenters. The maximum Gasteiger partial charge on any atom is 0.123 e. The first-order chi connectivity index (χ1) is 10.5. The molecule has 1 atom stereocenters. The van der Waals surface area contributed by atoms with E-state index in [1.165, 1.54) is 30.5 Å². The molecule has 2 aromatic rings. The lowest BCUT2D eigenvalue weighted by molar-refractivity contribution is 0.104. The van der Waals surface area contributed by atoms with Gasteiger partial charge in [0.1, 0.15) is 5.82 Å². The minimum Gasteiger partial charge on any atom is -0.387 e. The first-order valence-electron chi connectivity index (χ1n) is 7.69. The van der Waals surface area contributed by atoms with Crippen molar-refractivity contribution in [3.8, 4) is 0 Å². The second kappa shape index (κ2) is 6.18. The Labute approximate surface area is 130 Å². The highest BCUT2D eigenvalue weighted by Gasteiger charge is 2.31. The number of hydrogen-bond donors (Lipinski definition) is 1. The number of aryl methyl sites for hydroxylation is 2. The summed E-state index contributed by atoms with van der Waals surface area (Å²) in [6.45, 7) is 3.37. The summed E-state index contributed by atoms with van der Waals surface area (Å²) in [5, 5.41) is 14.8. The third-order valence-electron chi connectivity index (χ3n) is 4.21. The van der Waals surface area contributed by atoms with E-state index in [0.717, 1.165) is 17.8 Å². The first-order valence-corrected chi connectivity index (χ1v) is 7.69. The van der Waals surface area contributed by atoms with Crippen LogP contribution in [0.4, 0.5) is 4.39 Å². The zero-order valence-electron chi connectivity index (χ0n) is 13.0. The summed E-state index contributed by atoms with van der Waals surface area (Å²) in [6.07, 6.45) is 3.79. The molecular weight excluding hydrogens is 281 g/mol. The first kappa shape index (κ1) is 15.2. The summed E-state index contributed by atoms with van der Waals surface area (Å²) in [5.74, 6) is -0.277. The highest BCUT2D eigenvalue weighted by Crippen LogP contribution is 2.30.